The molecule has 3 heteroatoms. The standard InChI is InChI=1S/C15H19ClO2/c1-15(2)10-12(15)6-4-8-18-14(17)11-5-3-7-13(16)9-11/h3,5,7,9,12H,4,6,8,10H2,1-2H3. The van der Waals surface area contributed by atoms with E-state index in [1.165, 1.54) is 6.42 Å². The molecule has 0 bridgehead atoms. The molecule has 1 atom stereocenters. The van der Waals surface area contributed by atoms with Crippen molar-refractivity contribution in [3.63, 3.8) is 0 Å². The minimum Gasteiger partial charge on any atom is -0.462 e. The summed E-state index contributed by atoms with van der Waals surface area (Å²) in [6.07, 6.45) is 3.39. The van der Waals surface area contributed by atoms with Crippen molar-refractivity contribution < 1.29 is 9.53 Å². The molecule has 0 amide bonds. The van der Waals surface area contributed by atoms with Crippen molar-refractivity contribution in [3.8, 4) is 0 Å². The maximum absolute atomic E-state index is 11.7. The number of rotatable bonds is 5. The van der Waals surface area contributed by atoms with Crippen molar-refractivity contribution in [2.75, 3.05) is 6.61 Å². The van der Waals surface area contributed by atoms with E-state index in [2.05, 4.69) is 13.8 Å². The number of hydrogen-bond donors (Lipinski definition) is 0. The highest BCUT2D eigenvalue weighted by molar-refractivity contribution is 6.30. The molecule has 1 aliphatic rings. The number of carbonyl (C=O) groups excluding carboxylic acids is 1. The van der Waals surface area contributed by atoms with Crippen LogP contribution in [0.1, 0.15) is 43.5 Å². The Bertz CT molecular complexity index is 440. The predicted octanol–water partition coefficient (Wildman–Crippen LogP) is 4.32. The van der Waals surface area contributed by atoms with Crippen LogP contribution in [-0.4, -0.2) is 12.6 Å². The number of esters is 1. The van der Waals surface area contributed by atoms with E-state index in [1.807, 2.05) is 0 Å². The average Bonchev–Trinajstić information content (AvgIpc) is 2.92. The molecule has 0 aliphatic heterocycles. The third kappa shape index (κ3) is 3.49. The molecule has 1 unspecified atom stereocenters. The summed E-state index contributed by atoms with van der Waals surface area (Å²) in [4.78, 5) is 11.7. The first-order valence-electron chi connectivity index (χ1n) is 6.42. The van der Waals surface area contributed by atoms with Crippen LogP contribution in [-0.2, 0) is 4.74 Å². The normalized spacial score (nSPS) is 20.5. The van der Waals surface area contributed by atoms with Gasteiger partial charge in [0.1, 0.15) is 0 Å². The summed E-state index contributed by atoms with van der Waals surface area (Å²) in [6.45, 7) is 5.07. The Morgan fingerprint density at radius 2 is 2.22 bits per heavy atom. The maximum atomic E-state index is 11.7. The lowest BCUT2D eigenvalue weighted by atomic mass is 10.1. The Hall–Kier alpha value is -1.02. The molecule has 0 radical (unpaired) electrons. The molecule has 1 saturated carbocycles. The smallest absolute Gasteiger partial charge is 0.338 e. The summed E-state index contributed by atoms with van der Waals surface area (Å²) < 4.78 is 5.23. The van der Waals surface area contributed by atoms with Gasteiger partial charge < -0.3 is 4.74 Å². The molecule has 2 rings (SSSR count). The summed E-state index contributed by atoms with van der Waals surface area (Å²) in [5.41, 5.74) is 1.03. The van der Waals surface area contributed by atoms with Gasteiger partial charge >= 0.3 is 5.97 Å². The number of halogens is 1. The van der Waals surface area contributed by atoms with Crippen LogP contribution in [0.5, 0.6) is 0 Å². The number of ether oxygens (including phenoxy) is 1. The second kappa shape index (κ2) is 5.31. The fourth-order valence-corrected chi connectivity index (χ4v) is 2.45. The van der Waals surface area contributed by atoms with Gasteiger partial charge in [-0.15, -0.1) is 0 Å². The maximum Gasteiger partial charge on any atom is 0.338 e. The monoisotopic (exact) mass is 266 g/mol. The molecule has 1 aromatic carbocycles. The third-order valence-corrected chi connectivity index (χ3v) is 3.94. The minimum absolute atomic E-state index is 0.285. The summed E-state index contributed by atoms with van der Waals surface area (Å²) in [5.74, 6) is 0.523. The minimum atomic E-state index is -0.285. The molecular weight excluding hydrogens is 248 g/mol. The van der Waals surface area contributed by atoms with Crippen LogP contribution >= 0.6 is 11.6 Å². The number of benzene rings is 1. The zero-order chi connectivity index (χ0) is 13.2. The van der Waals surface area contributed by atoms with Gasteiger partial charge in [0.05, 0.1) is 12.2 Å². The van der Waals surface area contributed by atoms with Crippen LogP contribution in [0.25, 0.3) is 0 Å². The largest absolute Gasteiger partial charge is 0.462 e. The summed E-state index contributed by atoms with van der Waals surface area (Å²) in [7, 11) is 0. The first-order chi connectivity index (χ1) is 8.49. The lowest BCUT2D eigenvalue weighted by Crippen LogP contribution is -2.06. The molecule has 0 N–H and O–H groups in total. The van der Waals surface area contributed by atoms with E-state index in [4.69, 9.17) is 16.3 Å². The third-order valence-electron chi connectivity index (χ3n) is 3.71. The van der Waals surface area contributed by atoms with E-state index < -0.39 is 0 Å². The molecule has 98 valence electrons. The van der Waals surface area contributed by atoms with E-state index >= 15 is 0 Å². The van der Waals surface area contributed by atoms with E-state index in [1.54, 1.807) is 24.3 Å². The van der Waals surface area contributed by atoms with Crippen molar-refractivity contribution in [3.05, 3.63) is 34.9 Å². The van der Waals surface area contributed by atoms with Crippen molar-refractivity contribution >= 4 is 17.6 Å². The molecule has 0 aromatic heterocycles. The topological polar surface area (TPSA) is 26.3 Å². The summed E-state index contributed by atoms with van der Waals surface area (Å²) >= 11 is 5.82. The fourth-order valence-electron chi connectivity index (χ4n) is 2.26. The summed E-state index contributed by atoms with van der Waals surface area (Å²) in [5, 5.41) is 0.559. The van der Waals surface area contributed by atoms with Gasteiger partial charge in [0.15, 0.2) is 0 Å². The van der Waals surface area contributed by atoms with Crippen molar-refractivity contribution in [1.29, 1.82) is 0 Å². The van der Waals surface area contributed by atoms with E-state index in [0.29, 0.717) is 22.6 Å². The Kier molecular flexibility index (Phi) is 3.96. The van der Waals surface area contributed by atoms with Crippen LogP contribution in [0.15, 0.2) is 24.3 Å². The van der Waals surface area contributed by atoms with Gasteiger partial charge in [0.25, 0.3) is 0 Å². The van der Waals surface area contributed by atoms with Crippen LogP contribution in [0.3, 0.4) is 0 Å². The van der Waals surface area contributed by atoms with Gasteiger partial charge in [-0.05, 0) is 48.8 Å². The van der Waals surface area contributed by atoms with Crippen LogP contribution in [0.4, 0.5) is 0 Å². The van der Waals surface area contributed by atoms with Gasteiger partial charge in [-0.2, -0.15) is 0 Å². The molecule has 1 aromatic rings. The fraction of sp³-hybridized carbons (Fsp3) is 0.533. The highest BCUT2D eigenvalue weighted by Gasteiger charge is 2.44. The van der Waals surface area contributed by atoms with E-state index in [9.17, 15) is 4.79 Å². The molecule has 1 aliphatic carbocycles. The van der Waals surface area contributed by atoms with Gasteiger partial charge in [-0.3, -0.25) is 0 Å². The van der Waals surface area contributed by atoms with Crippen LogP contribution < -0.4 is 0 Å². The van der Waals surface area contributed by atoms with Gasteiger partial charge in [0, 0.05) is 5.02 Å². The first kappa shape index (κ1) is 13.4. The molecule has 1 fully saturated rings. The lowest BCUT2D eigenvalue weighted by molar-refractivity contribution is 0.0496. The van der Waals surface area contributed by atoms with Crippen molar-refractivity contribution in [2.45, 2.75) is 33.1 Å². The zero-order valence-corrected chi connectivity index (χ0v) is 11.7. The van der Waals surface area contributed by atoms with Gasteiger partial charge in [-0.25, -0.2) is 4.79 Å². The molecule has 0 heterocycles. The van der Waals surface area contributed by atoms with Gasteiger partial charge in [-0.1, -0.05) is 31.5 Å². The first-order valence-corrected chi connectivity index (χ1v) is 6.79. The van der Waals surface area contributed by atoms with E-state index in [0.717, 1.165) is 18.8 Å². The highest BCUT2D eigenvalue weighted by Crippen LogP contribution is 2.53. The average molecular weight is 267 g/mol. The van der Waals surface area contributed by atoms with Crippen LogP contribution in [0.2, 0.25) is 5.02 Å². The second-order valence-corrected chi connectivity index (χ2v) is 6.11. The Morgan fingerprint density at radius 3 is 2.83 bits per heavy atom. The molecule has 18 heavy (non-hydrogen) atoms. The van der Waals surface area contributed by atoms with Crippen LogP contribution in [0, 0.1) is 11.3 Å². The van der Waals surface area contributed by atoms with Crippen molar-refractivity contribution in [1.82, 2.24) is 0 Å². The molecular formula is C15H19ClO2. The quantitative estimate of drug-likeness (QED) is 0.586. The SMILES string of the molecule is CC1(C)CC1CCCOC(=O)c1cccc(Cl)c1. The Morgan fingerprint density at radius 1 is 1.50 bits per heavy atom. The number of hydrogen-bond acceptors (Lipinski definition) is 2. The molecule has 2 nitrogen and oxygen atoms in total. The molecule has 0 saturated heterocycles. The highest BCUT2D eigenvalue weighted by atomic mass is 35.5. The summed E-state index contributed by atoms with van der Waals surface area (Å²) in [6, 6.07) is 6.85. The van der Waals surface area contributed by atoms with E-state index in [-0.39, 0.29) is 5.97 Å². The number of carbonyl (C=O) groups is 1. The van der Waals surface area contributed by atoms with Crippen molar-refractivity contribution in [2.24, 2.45) is 11.3 Å². The molecule has 0 spiro atoms. The zero-order valence-electron chi connectivity index (χ0n) is 10.9. The predicted molar refractivity (Wildman–Crippen MR) is 72.9 cm³/mol. The van der Waals surface area contributed by atoms with Gasteiger partial charge in [0.2, 0.25) is 0 Å². The Labute approximate surface area is 113 Å². The second-order valence-electron chi connectivity index (χ2n) is 5.68. The Balaban J connectivity index is 1.69. The lowest BCUT2D eigenvalue weighted by Gasteiger charge is -2.06.